The summed E-state index contributed by atoms with van der Waals surface area (Å²) < 4.78 is 7.04. The maximum atomic E-state index is 6.27. The highest BCUT2D eigenvalue weighted by molar-refractivity contribution is 6.33. The van der Waals surface area contributed by atoms with Crippen LogP contribution in [0.4, 0.5) is 5.69 Å². The van der Waals surface area contributed by atoms with Crippen LogP contribution in [0.3, 0.4) is 0 Å². The Morgan fingerprint density at radius 3 is 2.95 bits per heavy atom. The van der Waals surface area contributed by atoms with Crippen molar-refractivity contribution >= 4 is 17.3 Å². The molecule has 0 aliphatic heterocycles. The van der Waals surface area contributed by atoms with Gasteiger partial charge in [-0.15, -0.1) is 5.10 Å². The summed E-state index contributed by atoms with van der Waals surface area (Å²) in [6.45, 7) is 2.08. The van der Waals surface area contributed by atoms with Gasteiger partial charge in [-0.2, -0.15) is 0 Å². The number of hydrogen-bond acceptors (Lipinski definition) is 5. The summed E-state index contributed by atoms with van der Waals surface area (Å²) in [5, 5.41) is 15.2. The van der Waals surface area contributed by atoms with Crippen molar-refractivity contribution < 1.29 is 4.42 Å². The molecular weight excluding hydrogens is 290 g/mol. The van der Waals surface area contributed by atoms with Crippen LogP contribution < -0.4 is 5.32 Å². The number of benzene rings is 1. The number of nitrogens with zero attached hydrogens (tertiary/aromatic N) is 4. The summed E-state index contributed by atoms with van der Waals surface area (Å²) in [6, 6.07) is 9.46. The number of anilines is 1. The van der Waals surface area contributed by atoms with Gasteiger partial charge in [0, 0.05) is 0 Å². The van der Waals surface area contributed by atoms with Crippen molar-refractivity contribution in [1.29, 1.82) is 0 Å². The Bertz CT molecular complexity index is 696. The van der Waals surface area contributed by atoms with Gasteiger partial charge in [0.15, 0.2) is 0 Å². The second-order valence-corrected chi connectivity index (χ2v) is 4.95. The van der Waals surface area contributed by atoms with Gasteiger partial charge in [-0.25, -0.2) is 4.68 Å². The highest BCUT2D eigenvalue weighted by Gasteiger charge is 2.14. The summed E-state index contributed by atoms with van der Waals surface area (Å²) in [7, 11) is 0. The third-order valence-corrected chi connectivity index (χ3v) is 3.52. The van der Waals surface area contributed by atoms with Crippen molar-refractivity contribution in [2.75, 3.05) is 5.32 Å². The molecule has 2 heterocycles. The van der Waals surface area contributed by atoms with E-state index < -0.39 is 0 Å². The number of aromatic nitrogens is 4. The van der Waals surface area contributed by atoms with Gasteiger partial charge in [-0.05, 0) is 47.2 Å². The molecule has 2 aromatic heterocycles. The van der Waals surface area contributed by atoms with Crippen molar-refractivity contribution in [2.24, 2.45) is 0 Å². The second kappa shape index (κ2) is 5.97. The summed E-state index contributed by atoms with van der Waals surface area (Å²) in [4.78, 5) is 0. The summed E-state index contributed by atoms with van der Waals surface area (Å²) in [5.74, 6) is 0.876. The van der Waals surface area contributed by atoms with Crippen LogP contribution in [0.1, 0.15) is 25.1 Å². The summed E-state index contributed by atoms with van der Waals surface area (Å²) in [6.07, 6.45) is 4.08. The van der Waals surface area contributed by atoms with E-state index in [0.29, 0.717) is 5.02 Å². The number of furan rings is 1. The van der Waals surface area contributed by atoms with Crippen LogP contribution in [0.5, 0.6) is 0 Å². The van der Waals surface area contributed by atoms with Crippen LogP contribution >= 0.6 is 11.6 Å². The van der Waals surface area contributed by atoms with E-state index in [-0.39, 0.29) is 6.04 Å². The first-order chi connectivity index (χ1) is 10.3. The number of nitrogens with one attached hydrogen (secondary N) is 1. The van der Waals surface area contributed by atoms with Crippen molar-refractivity contribution in [3.63, 3.8) is 0 Å². The fourth-order valence-electron chi connectivity index (χ4n) is 2.10. The number of rotatable bonds is 5. The van der Waals surface area contributed by atoms with E-state index in [1.807, 2.05) is 30.3 Å². The van der Waals surface area contributed by atoms with E-state index in [2.05, 4.69) is 27.8 Å². The van der Waals surface area contributed by atoms with E-state index in [9.17, 15) is 0 Å². The maximum absolute atomic E-state index is 6.27. The molecule has 0 saturated carbocycles. The van der Waals surface area contributed by atoms with E-state index in [4.69, 9.17) is 16.0 Å². The first kappa shape index (κ1) is 13.6. The lowest BCUT2D eigenvalue weighted by atomic mass is 10.1. The molecule has 0 aliphatic rings. The smallest absolute Gasteiger partial charge is 0.143 e. The number of halogens is 1. The lowest BCUT2D eigenvalue weighted by Crippen LogP contribution is -2.09. The van der Waals surface area contributed by atoms with Gasteiger partial charge < -0.3 is 9.73 Å². The molecule has 3 rings (SSSR count). The minimum absolute atomic E-state index is 0.0571. The minimum Gasteiger partial charge on any atom is -0.467 e. The Morgan fingerprint density at radius 2 is 2.29 bits per heavy atom. The van der Waals surface area contributed by atoms with E-state index >= 15 is 0 Å². The molecule has 21 heavy (non-hydrogen) atoms. The molecule has 1 N–H and O–H groups in total. The SMILES string of the molecule is CCC(Nc1cc(-n2cnnn2)ccc1Cl)c1ccco1. The zero-order chi connectivity index (χ0) is 14.7. The zero-order valence-corrected chi connectivity index (χ0v) is 12.2. The molecular formula is C14H14ClN5O. The van der Waals surface area contributed by atoms with E-state index in [1.54, 1.807) is 10.9 Å². The van der Waals surface area contributed by atoms with Gasteiger partial charge in [0.1, 0.15) is 12.1 Å². The standard InChI is InChI=1S/C14H14ClN5O/c1-2-12(14-4-3-7-21-14)17-13-8-10(5-6-11(13)15)20-9-16-18-19-20/h3-9,12,17H,2H2,1H3. The third-order valence-electron chi connectivity index (χ3n) is 3.19. The second-order valence-electron chi connectivity index (χ2n) is 4.54. The number of tetrazole rings is 1. The molecule has 0 spiro atoms. The third kappa shape index (κ3) is 2.90. The van der Waals surface area contributed by atoms with Crippen molar-refractivity contribution in [1.82, 2.24) is 20.2 Å². The molecule has 0 saturated heterocycles. The van der Waals surface area contributed by atoms with Gasteiger partial charge in [-0.3, -0.25) is 0 Å². The normalized spacial score (nSPS) is 12.3. The molecule has 1 atom stereocenters. The van der Waals surface area contributed by atoms with Gasteiger partial charge in [0.25, 0.3) is 0 Å². The average molecular weight is 304 g/mol. The molecule has 0 aliphatic carbocycles. The minimum atomic E-state index is 0.0571. The molecule has 6 nitrogen and oxygen atoms in total. The monoisotopic (exact) mass is 303 g/mol. The fourth-order valence-corrected chi connectivity index (χ4v) is 2.27. The van der Waals surface area contributed by atoms with Gasteiger partial charge >= 0.3 is 0 Å². The molecule has 108 valence electrons. The highest BCUT2D eigenvalue weighted by Crippen LogP contribution is 2.29. The van der Waals surface area contributed by atoms with Crippen molar-refractivity contribution in [2.45, 2.75) is 19.4 Å². The maximum Gasteiger partial charge on any atom is 0.143 e. The van der Waals surface area contributed by atoms with Crippen molar-refractivity contribution in [3.8, 4) is 5.69 Å². The quantitative estimate of drug-likeness (QED) is 0.781. The lowest BCUT2D eigenvalue weighted by Gasteiger charge is -2.17. The molecule has 0 fully saturated rings. The first-order valence-electron chi connectivity index (χ1n) is 6.60. The first-order valence-corrected chi connectivity index (χ1v) is 6.98. The average Bonchev–Trinajstić information content (AvgIpc) is 3.19. The van der Waals surface area contributed by atoms with Crippen LogP contribution in [0.2, 0.25) is 5.02 Å². The van der Waals surface area contributed by atoms with Gasteiger partial charge in [-0.1, -0.05) is 18.5 Å². The van der Waals surface area contributed by atoms with Crippen LogP contribution in [-0.4, -0.2) is 20.2 Å². The fraction of sp³-hybridized carbons (Fsp3) is 0.214. The molecule has 0 bridgehead atoms. The summed E-state index contributed by atoms with van der Waals surface area (Å²) >= 11 is 6.27. The predicted molar refractivity (Wildman–Crippen MR) is 79.5 cm³/mol. The molecule has 0 amide bonds. The van der Waals surface area contributed by atoms with Crippen LogP contribution in [0.25, 0.3) is 5.69 Å². The largest absolute Gasteiger partial charge is 0.467 e. The van der Waals surface area contributed by atoms with Crippen LogP contribution in [0.15, 0.2) is 47.3 Å². The molecule has 1 aromatic carbocycles. The summed E-state index contributed by atoms with van der Waals surface area (Å²) in [5.41, 5.74) is 1.65. The Morgan fingerprint density at radius 1 is 1.38 bits per heavy atom. The van der Waals surface area contributed by atoms with Gasteiger partial charge in [0.2, 0.25) is 0 Å². The lowest BCUT2D eigenvalue weighted by molar-refractivity contribution is 0.474. The number of hydrogen-bond donors (Lipinski definition) is 1. The van der Waals surface area contributed by atoms with Crippen molar-refractivity contribution in [3.05, 3.63) is 53.7 Å². The Kier molecular flexibility index (Phi) is 3.87. The van der Waals surface area contributed by atoms with E-state index in [1.165, 1.54) is 6.33 Å². The molecule has 1 unspecified atom stereocenters. The molecule has 0 radical (unpaired) electrons. The zero-order valence-electron chi connectivity index (χ0n) is 11.4. The highest BCUT2D eigenvalue weighted by atomic mass is 35.5. The predicted octanol–water partition coefficient (Wildman–Crippen LogP) is 3.47. The van der Waals surface area contributed by atoms with Gasteiger partial charge in [0.05, 0.1) is 28.7 Å². The topological polar surface area (TPSA) is 68.8 Å². The molecule has 3 aromatic rings. The Hall–Kier alpha value is -2.34. The van der Waals surface area contributed by atoms with Crippen LogP contribution in [0, 0.1) is 0 Å². The Balaban J connectivity index is 1.89. The van der Waals surface area contributed by atoms with E-state index in [0.717, 1.165) is 23.6 Å². The van der Waals surface area contributed by atoms with Crippen LogP contribution in [-0.2, 0) is 0 Å². The Labute approximate surface area is 126 Å². The molecule has 7 heteroatoms.